The molecule has 9 nitrogen and oxygen atoms in total. The summed E-state index contributed by atoms with van der Waals surface area (Å²) in [4.78, 5) is 24.6. The van der Waals surface area contributed by atoms with Gasteiger partial charge in [0.2, 0.25) is 5.91 Å². The van der Waals surface area contributed by atoms with Gasteiger partial charge < -0.3 is 26.2 Å². The normalized spacial score (nSPS) is 16.4. The molecule has 0 aliphatic rings. The van der Waals surface area contributed by atoms with Crippen LogP contribution < -0.4 is 16.4 Å². The molecule has 0 unspecified atom stereocenters. The van der Waals surface area contributed by atoms with E-state index in [9.17, 15) is 23.1 Å². The van der Waals surface area contributed by atoms with Crippen LogP contribution in [0.1, 0.15) is 39.2 Å². The van der Waals surface area contributed by atoms with Crippen LogP contribution in [0.2, 0.25) is 0 Å². The average molecular weight is 486 g/mol. The van der Waals surface area contributed by atoms with Gasteiger partial charge in [-0.05, 0) is 24.8 Å². The fourth-order valence-corrected chi connectivity index (χ4v) is 3.84. The molecule has 0 aliphatic heterocycles. The summed E-state index contributed by atoms with van der Waals surface area (Å²) in [6.07, 6.45) is 1.03. The maximum absolute atomic E-state index is 13.0. The van der Waals surface area contributed by atoms with Crippen LogP contribution >= 0.6 is 0 Å². The topological polar surface area (TPSA) is 148 Å². The molecular weight excluding hydrogens is 446 g/mol. The predicted molar refractivity (Wildman–Crippen MR) is 129 cm³/mol. The van der Waals surface area contributed by atoms with Gasteiger partial charge in [-0.15, -0.1) is 0 Å². The van der Waals surface area contributed by atoms with Crippen molar-refractivity contribution in [1.82, 2.24) is 10.6 Å². The summed E-state index contributed by atoms with van der Waals surface area (Å²) in [6.45, 7) is 6.89. The molecule has 1 aromatic rings. The molecule has 0 radical (unpaired) electrons. The maximum atomic E-state index is 13.0. The van der Waals surface area contributed by atoms with Crippen LogP contribution in [0, 0.1) is 5.92 Å². The second-order valence-corrected chi connectivity index (χ2v) is 11.0. The van der Waals surface area contributed by atoms with E-state index in [0.717, 1.165) is 18.2 Å². The maximum Gasteiger partial charge on any atom is 0.326 e. The standard InChI is InChI=1S/C23H39N3O6S/c1-5-16(2)20(25-14-17(3)24)15-32-21(13-18-9-7-6-8-10-18)22(27)26-19(23(28)29)11-12-33(4,30)31/h6-10,16-17,19-21,25H,5,11-15,24H2,1-4H3,(H,26,27)(H,28,29)/t16-,17-,19-,20+,21-/m0/s1. The van der Waals surface area contributed by atoms with E-state index < -0.39 is 33.9 Å². The third kappa shape index (κ3) is 12.1. The molecule has 1 aromatic carbocycles. The second-order valence-electron chi connectivity index (χ2n) is 8.71. The number of carbonyl (C=O) groups excluding carboxylic acids is 1. The Hall–Kier alpha value is -2.01. The summed E-state index contributed by atoms with van der Waals surface area (Å²) in [5.41, 5.74) is 6.73. The van der Waals surface area contributed by atoms with Crippen LogP contribution in [-0.4, -0.2) is 74.8 Å². The first-order valence-corrected chi connectivity index (χ1v) is 13.3. The number of amides is 1. The largest absolute Gasteiger partial charge is 0.480 e. The zero-order chi connectivity index (χ0) is 25.0. The molecule has 188 valence electrons. The number of benzene rings is 1. The molecule has 1 amide bonds. The monoisotopic (exact) mass is 485 g/mol. The molecule has 0 saturated heterocycles. The Bertz CT molecular complexity index is 832. The van der Waals surface area contributed by atoms with Crippen LogP contribution in [0.5, 0.6) is 0 Å². The van der Waals surface area contributed by atoms with Crippen molar-refractivity contribution in [2.75, 3.05) is 25.2 Å². The van der Waals surface area contributed by atoms with Gasteiger partial charge in [-0.3, -0.25) is 4.79 Å². The van der Waals surface area contributed by atoms with Gasteiger partial charge in [-0.2, -0.15) is 0 Å². The van der Waals surface area contributed by atoms with E-state index in [4.69, 9.17) is 10.5 Å². The molecule has 0 bridgehead atoms. The molecule has 0 saturated carbocycles. The van der Waals surface area contributed by atoms with Crippen molar-refractivity contribution < 1.29 is 27.9 Å². The molecule has 0 fully saturated rings. The highest BCUT2D eigenvalue weighted by molar-refractivity contribution is 7.90. The Morgan fingerprint density at radius 3 is 2.33 bits per heavy atom. The summed E-state index contributed by atoms with van der Waals surface area (Å²) in [7, 11) is -3.37. The van der Waals surface area contributed by atoms with Crippen LogP contribution in [-0.2, 0) is 30.6 Å². The predicted octanol–water partition coefficient (Wildman–Crippen LogP) is 0.970. The van der Waals surface area contributed by atoms with Crippen molar-refractivity contribution >= 4 is 21.7 Å². The number of carboxylic acids is 1. The first-order valence-electron chi connectivity index (χ1n) is 11.3. The number of nitrogens with one attached hydrogen (secondary N) is 2. The van der Waals surface area contributed by atoms with Gasteiger partial charge in [0.15, 0.2) is 0 Å². The Kier molecular flexibility index (Phi) is 12.6. The lowest BCUT2D eigenvalue weighted by Gasteiger charge is -2.28. The highest BCUT2D eigenvalue weighted by atomic mass is 32.2. The summed E-state index contributed by atoms with van der Waals surface area (Å²) in [5, 5.41) is 15.3. The SMILES string of the molecule is CC[C@H](C)[C@@H](CO[C@@H](Cc1ccccc1)C(=O)N[C@@H](CCS(C)(=O)=O)C(=O)O)NC[C@H](C)N. The van der Waals surface area contributed by atoms with Crippen molar-refractivity contribution in [3.63, 3.8) is 0 Å². The molecule has 0 aromatic heterocycles. The number of hydrogen-bond donors (Lipinski definition) is 4. The lowest BCUT2D eigenvalue weighted by atomic mass is 9.99. The van der Waals surface area contributed by atoms with E-state index in [1.54, 1.807) is 0 Å². The first kappa shape index (κ1) is 29.0. The number of carboxylic acid groups (broad SMARTS) is 1. The number of nitrogens with two attached hydrogens (primary N) is 1. The Morgan fingerprint density at radius 2 is 1.82 bits per heavy atom. The van der Waals surface area contributed by atoms with Crippen LogP contribution in [0.3, 0.4) is 0 Å². The minimum Gasteiger partial charge on any atom is -0.480 e. The lowest BCUT2D eigenvalue weighted by Crippen LogP contribution is -2.49. The van der Waals surface area contributed by atoms with E-state index in [-0.39, 0.29) is 43.2 Å². The fourth-order valence-electron chi connectivity index (χ4n) is 3.18. The van der Waals surface area contributed by atoms with Crippen molar-refractivity contribution in [1.29, 1.82) is 0 Å². The zero-order valence-electron chi connectivity index (χ0n) is 20.0. The minimum absolute atomic E-state index is 0.0346. The molecular formula is C23H39N3O6S. The molecule has 0 aliphatic carbocycles. The van der Waals surface area contributed by atoms with Crippen molar-refractivity contribution in [2.24, 2.45) is 11.7 Å². The van der Waals surface area contributed by atoms with Gasteiger partial charge in [0, 0.05) is 31.3 Å². The highest BCUT2D eigenvalue weighted by Gasteiger charge is 2.28. The van der Waals surface area contributed by atoms with E-state index in [1.165, 1.54) is 0 Å². The molecule has 1 rings (SSSR count). The van der Waals surface area contributed by atoms with Gasteiger partial charge in [0.25, 0.3) is 0 Å². The van der Waals surface area contributed by atoms with E-state index in [0.29, 0.717) is 6.54 Å². The number of carbonyl (C=O) groups is 2. The summed E-state index contributed by atoms with van der Waals surface area (Å²) in [5.74, 6) is -1.95. The third-order valence-electron chi connectivity index (χ3n) is 5.46. The van der Waals surface area contributed by atoms with Gasteiger partial charge in [-0.1, -0.05) is 50.6 Å². The van der Waals surface area contributed by atoms with Crippen molar-refractivity contribution in [2.45, 2.75) is 64.3 Å². The Balaban J connectivity index is 2.97. The van der Waals surface area contributed by atoms with Crippen molar-refractivity contribution in [3.8, 4) is 0 Å². The molecule has 33 heavy (non-hydrogen) atoms. The van der Waals surface area contributed by atoms with E-state index in [2.05, 4.69) is 24.5 Å². The number of hydrogen-bond acceptors (Lipinski definition) is 7. The fraction of sp³-hybridized carbons (Fsp3) is 0.652. The number of ether oxygens (including phenoxy) is 1. The summed E-state index contributed by atoms with van der Waals surface area (Å²) < 4.78 is 28.9. The molecule has 0 heterocycles. The smallest absolute Gasteiger partial charge is 0.326 e. The Morgan fingerprint density at radius 1 is 1.18 bits per heavy atom. The van der Waals surface area contributed by atoms with Crippen molar-refractivity contribution in [3.05, 3.63) is 35.9 Å². The summed E-state index contributed by atoms with van der Waals surface area (Å²) >= 11 is 0. The first-order chi connectivity index (χ1) is 15.4. The zero-order valence-corrected chi connectivity index (χ0v) is 20.8. The van der Waals surface area contributed by atoms with Gasteiger partial charge in [0.05, 0.1) is 12.4 Å². The van der Waals surface area contributed by atoms with Crippen LogP contribution in [0.15, 0.2) is 30.3 Å². The van der Waals surface area contributed by atoms with Crippen LogP contribution in [0.4, 0.5) is 0 Å². The Labute approximate surface area is 197 Å². The number of aliphatic carboxylic acids is 1. The quantitative estimate of drug-likeness (QED) is 0.271. The number of rotatable bonds is 16. The minimum atomic E-state index is -3.37. The van der Waals surface area contributed by atoms with Crippen LogP contribution in [0.25, 0.3) is 0 Å². The van der Waals surface area contributed by atoms with Gasteiger partial charge in [-0.25, -0.2) is 13.2 Å². The number of sulfone groups is 1. The van der Waals surface area contributed by atoms with Gasteiger partial charge >= 0.3 is 5.97 Å². The molecule has 10 heteroatoms. The lowest BCUT2D eigenvalue weighted by molar-refractivity contribution is -0.144. The second kappa shape index (κ2) is 14.3. The molecule has 5 N–H and O–H groups in total. The van der Waals surface area contributed by atoms with E-state index in [1.807, 2.05) is 37.3 Å². The van der Waals surface area contributed by atoms with E-state index >= 15 is 0 Å². The molecule has 0 spiro atoms. The summed E-state index contributed by atoms with van der Waals surface area (Å²) in [6, 6.07) is 7.90. The molecule has 5 atom stereocenters. The average Bonchev–Trinajstić information content (AvgIpc) is 2.74. The highest BCUT2D eigenvalue weighted by Crippen LogP contribution is 2.13. The van der Waals surface area contributed by atoms with Gasteiger partial charge in [0.1, 0.15) is 22.0 Å². The third-order valence-corrected chi connectivity index (χ3v) is 6.44.